The van der Waals surface area contributed by atoms with Crippen molar-refractivity contribution >= 4 is 30.8 Å². The maximum atomic E-state index is 12.5. The molecule has 74 valence electrons. The van der Waals surface area contributed by atoms with Crippen molar-refractivity contribution in [1.29, 1.82) is 0 Å². The molecule has 0 aromatic carbocycles. The van der Waals surface area contributed by atoms with Crippen LogP contribution in [0.25, 0.3) is 0 Å². The highest BCUT2D eigenvalue weighted by atomic mass is 35.5. The molecule has 0 spiro atoms. The zero-order valence-electron chi connectivity index (χ0n) is 6.47. The highest BCUT2D eigenvalue weighted by molar-refractivity contribution is 7.58. The van der Waals surface area contributed by atoms with Gasteiger partial charge in [0.25, 0.3) is 0 Å². The van der Waals surface area contributed by atoms with Gasteiger partial charge in [0.1, 0.15) is 0 Å². The van der Waals surface area contributed by atoms with Crippen LogP contribution in [0.3, 0.4) is 0 Å². The number of halogens is 3. The van der Waals surface area contributed by atoms with E-state index in [0.29, 0.717) is 6.42 Å². The summed E-state index contributed by atoms with van der Waals surface area (Å²) in [4.78, 5) is 8.77. The second-order valence-electron chi connectivity index (χ2n) is 2.18. The van der Waals surface area contributed by atoms with Crippen molar-refractivity contribution < 1.29 is 18.4 Å². The second-order valence-corrected chi connectivity index (χ2v) is 5.85. The fourth-order valence-electron chi connectivity index (χ4n) is 0.406. The van der Waals surface area contributed by atoms with Crippen molar-refractivity contribution in [2.75, 3.05) is 6.61 Å². The predicted molar refractivity (Wildman–Crippen MR) is 46.2 cm³/mol. The molecule has 1 N–H and O–H groups in total. The molecular formula is C5H10Cl2FO3P. The monoisotopic (exact) mass is 238 g/mol. The minimum absolute atomic E-state index is 0.0324. The van der Waals surface area contributed by atoms with Crippen molar-refractivity contribution in [2.45, 2.75) is 24.1 Å². The molecule has 0 aliphatic carbocycles. The second kappa shape index (κ2) is 4.77. The van der Waals surface area contributed by atoms with Gasteiger partial charge in [-0.25, -0.2) is 0 Å². The van der Waals surface area contributed by atoms with Crippen LogP contribution in [-0.4, -0.2) is 15.8 Å². The molecule has 0 rings (SSSR count). The molecule has 0 aromatic rings. The molecule has 0 fully saturated rings. The Balaban J connectivity index is 3.98. The normalized spacial score (nSPS) is 17.4. The molecule has 0 aliphatic heterocycles. The summed E-state index contributed by atoms with van der Waals surface area (Å²) < 4.78 is 24.4. The lowest BCUT2D eigenvalue weighted by molar-refractivity contribution is 0.230. The summed E-state index contributed by atoms with van der Waals surface area (Å²) in [7, 11) is -4.54. The van der Waals surface area contributed by atoms with Gasteiger partial charge in [-0.2, -0.15) is 4.39 Å². The van der Waals surface area contributed by atoms with Crippen LogP contribution in [0.4, 0.5) is 4.39 Å². The molecular weight excluding hydrogens is 229 g/mol. The molecule has 0 saturated heterocycles. The van der Waals surface area contributed by atoms with E-state index < -0.39 is 11.9 Å². The van der Waals surface area contributed by atoms with Crippen LogP contribution in [0.2, 0.25) is 0 Å². The Labute approximate surface area is 80.3 Å². The van der Waals surface area contributed by atoms with Crippen molar-refractivity contribution in [2.24, 2.45) is 0 Å². The van der Waals surface area contributed by atoms with E-state index >= 15 is 0 Å². The summed E-state index contributed by atoms with van der Waals surface area (Å²) in [6.07, 6.45) is 1.32. The van der Waals surface area contributed by atoms with Gasteiger partial charge >= 0.3 is 11.9 Å². The summed E-state index contributed by atoms with van der Waals surface area (Å²) >= 11 is 9.53. The van der Waals surface area contributed by atoms with Gasteiger partial charge in [0.05, 0.1) is 6.61 Å². The van der Waals surface area contributed by atoms with Crippen LogP contribution < -0.4 is 0 Å². The predicted octanol–water partition coefficient (Wildman–Crippen LogP) is 3.05. The fourth-order valence-corrected chi connectivity index (χ4v) is 1.22. The van der Waals surface area contributed by atoms with Crippen LogP contribution in [0, 0.1) is 0 Å². The molecule has 0 aliphatic rings. The lowest BCUT2D eigenvalue weighted by atomic mass is 10.4. The van der Waals surface area contributed by atoms with Gasteiger partial charge in [0.15, 0.2) is 0 Å². The molecule has 0 saturated carbocycles. The summed E-state index contributed by atoms with van der Waals surface area (Å²) in [6, 6.07) is 0. The average Bonchev–Trinajstić information content (AvgIpc) is 1.85. The summed E-state index contributed by atoms with van der Waals surface area (Å²) in [5, 5.41) is 0. The number of alkyl halides is 3. The van der Waals surface area contributed by atoms with E-state index in [2.05, 4.69) is 4.52 Å². The molecule has 0 bridgehead atoms. The van der Waals surface area contributed by atoms with E-state index in [1.165, 1.54) is 0 Å². The lowest BCUT2D eigenvalue weighted by Crippen LogP contribution is -2.08. The first-order valence-corrected chi connectivity index (χ1v) is 5.68. The number of hydrogen-bond acceptors (Lipinski definition) is 2. The Morgan fingerprint density at radius 1 is 1.67 bits per heavy atom. The third-order valence-corrected chi connectivity index (χ3v) is 3.54. The van der Waals surface area contributed by atoms with E-state index in [-0.39, 0.29) is 6.61 Å². The Hall–Kier alpha value is 0.660. The molecule has 3 nitrogen and oxygen atoms in total. The Kier molecular flexibility index (Phi) is 5.04. The van der Waals surface area contributed by atoms with Gasteiger partial charge in [0.2, 0.25) is 0 Å². The minimum Gasteiger partial charge on any atom is -0.320 e. The molecule has 0 amide bonds. The first-order chi connectivity index (χ1) is 5.31. The quantitative estimate of drug-likeness (QED) is 0.455. The summed E-state index contributed by atoms with van der Waals surface area (Å²) in [5.41, 5.74) is 0. The molecule has 1 atom stereocenters. The number of unbranched alkanes of at least 4 members (excludes halogenated alkanes) is 1. The van der Waals surface area contributed by atoms with Crippen LogP contribution >= 0.6 is 30.8 Å². The summed E-state index contributed by atoms with van der Waals surface area (Å²) in [6.45, 7) is 1.82. The van der Waals surface area contributed by atoms with Crippen LogP contribution in [0.15, 0.2) is 0 Å². The van der Waals surface area contributed by atoms with Crippen LogP contribution in [0.1, 0.15) is 19.8 Å². The zero-order valence-corrected chi connectivity index (χ0v) is 8.87. The van der Waals surface area contributed by atoms with Crippen molar-refractivity contribution in [3.63, 3.8) is 0 Å². The third-order valence-electron chi connectivity index (χ3n) is 1.08. The minimum atomic E-state index is -4.54. The van der Waals surface area contributed by atoms with Gasteiger partial charge in [-0.05, 0) is 6.42 Å². The highest BCUT2D eigenvalue weighted by Crippen LogP contribution is 2.61. The first kappa shape index (κ1) is 12.7. The molecule has 0 heterocycles. The van der Waals surface area contributed by atoms with Crippen molar-refractivity contribution in [3.05, 3.63) is 0 Å². The van der Waals surface area contributed by atoms with E-state index in [1.807, 2.05) is 6.92 Å². The van der Waals surface area contributed by atoms with Crippen molar-refractivity contribution in [3.8, 4) is 0 Å². The molecule has 1 unspecified atom stereocenters. The lowest BCUT2D eigenvalue weighted by Gasteiger charge is -2.16. The van der Waals surface area contributed by atoms with Gasteiger partial charge in [-0.15, -0.1) is 0 Å². The zero-order chi connectivity index (χ0) is 9.83. The molecule has 12 heavy (non-hydrogen) atoms. The average molecular weight is 239 g/mol. The molecule has 0 aromatic heterocycles. The van der Waals surface area contributed by atoms with Gasteiger partial charge in [-0.1, -0.05) is 36.5 Å². The fraction of sp³-hybridized carbons (Fsp3) is 1.00. The van der Waals surface area contributed by atoms with E-state index in [0.717, 1.165) is 6.42 Å². The maximum Gasteiger partial charge on any atom is 0.396 e. The molecule has 7 heteroatoms. The van der Waals surface area contributed by atoms with Crippen LogP contribution in [-0.2, 0) is 9.09 Å². The van der Waals surface area contributed by atoms with E-state index in [4.69, 9.17) is 28.1 Å². The third kappa shape index (κ3) is 4.06. The Morgan fingerprint density at radius 2 is 2.17 bits per heavy atom. The first-order valence-electron chi connectivity index (χ1n) is 3.35. The summed E-state index contributed by atoms with van der Waals surface area (Å²) in [5.74, 6) is 0. The van der Waals surface area contributed by atoms with E-state index in [9.17, 15) is 8.96 Å². The van der Waals surface area contributed by atoms with Crippen molar-refractivity contribution in [1.82, 2.24) is 0 Å². The van der Waals surface area contributed by atoms with Gasteiger partial charge < -0.3 is 9.42 Å². The largest absolute Gasteiger partial charge is 0.396 e. The van der Waals surface area contributed by atoms with Gasteiger partial charge in [0, 0.05) is 0 Å². The smallest absolute Gasteiger partial charge is 0.320 e. The van der Waals surface area contributed by atoms with E-state index in [1.54, 1.807) is 0 Å². The number of hydrogen-bond donors (Lipinski definition) is 1. The highest BCUT2D eigenvalue weighted by Gasteiger charge is 2.46. The molecule has 0 radical (unpaired) electrons. The Morgan fingerprint density at radius 3 is 2.50 bits per heavy atom. The maximum absolute atomic E-state index is 12.5. The topological polar surface area (TPSA) is 46.5 Å². The van der Waals surface area contributed by atoms with Gasteiger partial charge in [-0.3, -0.25) is 4.57 Å². The number of rotatable bonds is 5. The SMILES string of the molecule is CCCCOP(=O)(O)C(F)(Cl)Cl. The Bertz CT molecular complexity index is 182. The van der Waals surface area contributed by atoms with Crippen LogP contribution in [0.5, 0.6) is 0 Å². The standard InChI is InChI=1S/C5H10Cl2FO3P/c1-2-3-4-11-12(9,10)5(6,7)8/h2-4H2,1H3,(H,9,10).